The molecule has 0 N–H and O–H groups in total. The van der Waals surface area contributed by atoms with Gasteiger partial charge in [0.2, 0.25) is 11.7 Å². The Morgan fingerprint density at radius 1 is 0.806 bits per heavy atom. The molecule has 5 nitrogen and oxygen atoms in total. The van der Waals surface area contributed by atoms with Crippen LogP contribution in [-0.2, 0) is 7.05 Å². The summed E-state index contributed by atoms with van der Waals surface area (Å²) in [4.78, 5) is 30.0. The number of halogens is 5. The number of carbonyl (C=O) groups excluding carboxylic acids is 2. The highest BCUT2D eigenvalue weighted by molar-refractivity contribution is 6.42. The second-order valence-electron chi connectivity index (χ2n) is 8.23. The van der Waals surface area contributed by atoms with Gasteiger partial charge in [0.25, 0.3) is 0 Å². The zero-order valence-electron chi connectivity index (χ0n) is 18.1. The minimum absolute atomic E-state index is 0.00180. The maximum absolute atomic E-state index is 14.3. The van der Waals surface area contributed by atoms with Gasteiger partial charge in [0.1, 0.15) is 0 Å². The van der Waals surface area contributed by atoms with Crippen LogP contribution in [0, 0.1) is 29.1 Å². The molecule has 178 valence electrons. The van der Waals surface area contributed by atoms with Crippen molar-refractivity contribution < 1.29 is 36.0 Å². The summed E-state index contributed by atoms with van der Waals surface area (Å²) in [5, 5.41) is 1.59. The zero-order valence-corrected chi connectivity index (χ0v) is 18.1. The van der Waals surface area contributed by atoms with E-state index < -0.39 is 46.2 Å². The lowest BCUT2D eigenvalue weighted by molar-refractivity contribution is 0.0990. The van der Waals surface area contributed by atoms with E-state index in [0.717, 1.165) is 27.5 Å². The van der Waals surface area contributed by atoms with Crippen molar-refractivity contribution in [2.45, 2.75) is 0 Å². The number of oxazole rings is 1. The van der Waals surface area contributed by atoms with Crippen LogP contribution in [0.5, 0.6) is 0 Å². The van der Waals surface area contributed by atoms with Crippen LogP contribution in [0.3, 0.4) is 0 Å². The minimum atomic E-state index is -2.27. The van der Waals surface area contributed by atoms with Gasteiger partial charge in [-0.1, -0.05) is 24.3 Å². The minimum Gasteiger partial charge on any atom is -0.435 e. The summed E-state index contributed by atoms with van der Waals surface area (Å²) in [6.07, 6.45) is 1.16. The summed E-state index contributed by atoms with van der Waals surface area (Å²) in [5.41, 5.74) is -1.23. The number of ketones is 2. The molecule has 3 aromatic carbocycles. The first-order valence-electron chi connectivity index (χ1n) is 10.5. The van der Waals surface area contributed by atoms with Crippen molar-refractivity contribution in [2.24, 2.45) is 7.05 Å². The Balaban J connectivity index is 1.43. The van der Waals surface area contributed by atoms with Crippen LogP contribution in [0.2, 0.25) is 0 Å². The lowest BCUT2D eigenvalue weighted by Gasteiger charge is -2.09. The number of nitrogens with zero attached hydrogens (tertiary/aromatic N) is 2. The average molecular weight is 494 g/mol. The fraction of sp³-hybridized carbons (Fsp3) is 0.0385. The van der Waals surface area contributed by atoms with Crippen molar-refractivity contribution in [1.82, 2.24) is 9.55 Å². The molecule has 2 aromatic heterocycles. The van der Waals surface area contributed by atoms with Crippen molar-refractivity contribution >= 4 is 39.6 Å². The lowest BCUT2D eigenvalue weighted by Crippen LogP contribution is -2.06. The molecule has 0 spiro atoms. The molecule has 1 aliphatic rings. The predicted molar refractivity (Wildman–Crippen MR) is 119 cm³/mol. The van der Waals surface area contributed by atoms with Gasteiger partial charge in [0.05, 0.1) is 16.8 Å². The van der Waals surface area contributed by atoms with Crippen LogP contribution in [0.1, 0.15) is 26.6 Å². The Morgan fingerprint density at radius 2 is 1.33 bits per heavy atom. The smallest absolute Gasteiger partial charge is 0.222 e. The van der Waals surface area contributed by atoms with Crippen molar-refractivity contribution in [3.8, 4) is 11.3 Å². The van der Waals surface area contributed by atoms with Gasteiger partial charge < -0.3 is 8.98 Å². The van der Waals surface area contributed by atoms with Crippen molar-refractivity contribution in [1.29, 1.82) is 0 Å². The number of carbonyl (C=O) groups is 2. The van der Waals surface area contributed by atoms with Crippen LogP contribution >= 0.6 is 0 Å². The monoisotopic (exact) mass is 494 g/mol. The number of hydrogen-bond acceptors (Lipinski definition) is 4. The maximum atomic E-state index is 14.3. The molecule has 36 heavy (non-hydrogen) atoms. The number of fused-ring (bicyclic) bond motifs is 3. The fourth-order valence-corrected chi connectivity index (χ4v) is 4.41. The second kappa shape index (κ2) is 7.45. The van der Waals surface area contributed by atoms with Gasteiger partial charge in [0.15, 0.2) is 46.1 Å². The SMILES string of the molecule is Cn1c(-c2c(F)c(F)c(F)c(F)c2F)cc2oc(C=C3C(=O)c4cc5ccccc5cc4C3=O)nc21. The first kappa shape index (κ1) is 21.9. The van der Waals surface area contributed by atoms with Gasteiger partial charge in [-0.05, 0) is 22.9 Å². The van der Waals surface area contributed by atoms with Crippen LogP contribution in [0.15, 0.2) is 52.5 Å². The topological polar surface area (TPSA) is 65.1 Å². The van der Waals surface area contributed by atoms with Crippen LogP contribution < -0.4 is 0 Å². The molecule has 0 fully saturated rings. The van der Waals surface area contributed by atoms with Crippen LogP contribution in [0.4, 0.5) is 22.0 Å². The maximum Gasteiger partial charge on any atom is 0.222 e. The van der Waals surface area contributed by atoms with E-state index >= 15 is 0 Å². The van der Waals surface area contributed by atoms with Crippen molar-refractivity contribution in [3.63, 3.8) is 0 Å². The molecule has 0 unspecified atom stereocenters. The first-order valence-corrected chi connectivity index (χ1v) is 10.5. The second-order valence-corrected chi connectivity index (χ2v) is 8.23. The van der Waals surface area contributed by atoms with E-state index in [9.17, 15) is 31.5 Å². The largest absolute Gasteiger partial charge is 0.435 e. The third kappa shape index (κ3) is 2.90. The number of aromatic nitrogens is 2. The molecule has 5 aromatic rings. The van der Waals surface area contributed by atoms with E-state index in [-0.39, 0.29) is 39.5 Å². The van der Waals surface area contributed by atoms with E-state index in [4.69, 9.17) is 4.42 Å². The third-order valence-electron chi connectivity index (χ3n) is 6.20. The standard InChI is InChI=1S/C26H11F5N2O3/c1-33-15(18-19(27)21(29)23(31)22(30)20(18)28)9-16-26(33)32-17(36-16)8-14-24(34)12-6-10-4-2-3-5-11(10)7-13(12)25(14)35/h2-9H,1H3. The van der Waals surface area contributed by atoms with Crippen LogP contribution in [-0.4, -0.2) is 21.1 Å². The van der Waals surface area contributed by atoms with Gasteiger partial charge in [-0.25, -0.2) is 22.0 Å². The Hall–Kier alpha value is -4.60. The van der Waals surface area contributed by atoms with Crippen LogP contribution in [0.25, 0.3) is 39.3 Å². The number of aryl methyl sites for hydroxylation is 1. The molecule has 0 radical (unpaired) electrons. The fourth-order valence-electron chi connectivity index (χ4n) is 4.41. The molecule has 0 amide bonds. The molecule has 6 rings (SSSR count). The Kier molecular flexibility index (Phi) is 4.53. The highest BCUT2D eigenvalue weighted by Gasteiger charge is 2.34. The molecular formula is C26H11F5N2O3. The molecule has 2 heterocycles. The highest BCUT2D eigenvalue weighted by Crippen LogP contribution is 2.36. The van der Waals surface area contributed by atoms with Crippen molar-refractivity contribution in [3.05, 3.63) is 94.1 Å². The van der Waals surface area contributed by atoms with Crippen molar-refractivity contribution in [2.75, 3.05) is 0 Å². The highest BCUT2D eigenvalue weighted by atomic mass is 19.2. The molecule has 0 bridgehead atoms. The summed E-state index contributed by atoms with van der Waals surface area (Å²) in [6, 6.07) is 11.6. The number of benzene rings is 3. The average Bonchev–Trinajstić information content (AvgIpc) is 3.48. The molecule has 0 aliphatic heterocycles. The summed E-state index contributed by atoms with van der Waals surface area (Å²) in [5.74, 6) is -11.6. The number of rotatable bonds is 2. The summed E-state index contributed by atoms with van der Waals surface area (Å²) in [6.45, 7) is 0. The summed E-state index contributed by atoms with van der Waals surface area (Å²) < 4.78 is 76.0. The van der Waals surface area contributed by atoms with E-state index in [1.54, 1.807) is 12.1 Å². The van der Waals surface area contributed by atoms with E-state index in [0.29, 0.717) is 0 Å². The van der Waals surface area contributed by atoms with E-state index in [1.807, 2.05) is 24.3 Å². The molecule has 1 aliphatic carbocycles. The zero-order chi connectivity index (χ0) is 25.5. The van der Waals surface area contributed by atoms with Gasteiger partial charge in [-0.3, -0.25) is 9.59 Å². The van der Waals surface area contributed by atoms with Gasteiger partial charge in [0, 0.05) is 30.3 Å². The number of allylic oxidation sites excluding steroid dienone is 1. The van der Waals surface area contributed by atoms with Gasteiger partial charge in [-0.15, -0.1) is 0 Å². The molecule has 0 saturated heterocycles. The lowest BCUT2D eigenvalue weighted by atomic mass is 10.0. The molecule has 0 saturated carbocycles. The Bertz CT molecular complexity index is 1760. The molecular weight excluding hydrogens is 483 g/mol. The molecule has 10 heteroatoms. The van der Waals surface area contributed by atoms with Gasteiger partial charge in [-0.2, -0.15) is 4.98 Å². The first-order chi connectivity index (χ1) is 17.2. The van der Waals surface area contributed by atoms with E-state index in [2.05, 4.69) is 4.98 Å². The van der Waals surface area contributed by atoms with Gasteiger partial charge >= 0.3 is 0 Å². The Morgan fingerprint density at radius 3 is 1.86 bits per heavy atom. The number of hydrogen-bond donors (Lipinski definition) is 0. The normalized spacial score (nSPS) is 13.3. The number of Topliss-reactive ketones (excluding diaryl/α,β-unsaturated/α-hetero) is 2. The summed E-state index contributed by atoms with van der Waals surface area (Å²) >= 11 is 0. The Labute approximate surface area is 198 Å². The third-order valence-corrected chi connectivity index (χ3v) is 6.20. The predicted octanol–water partition coefficient (Wildman–Crippen LogP) is 6.14. The quantitative estimate of drug-likeness (QED) is 0.0972. The van der Waals surface area contributed by atoms with E-state index in [1.165, 1.54) is 7.05 Å². The molecule has 0 atom stereocenters. The summed E-state index contributed by atoms with van der Waals surface area (Å²) in [7, 11) is 1.29.